The molecule has 0 atom stereocenters. The van der Waals surface area contributed by atoms with Crippen LogP contribution in [0.1, 0.15) is 26.8 Å². The van der Waals surface area contributed by atoms with Crippen LogP contribution >= 0.6 is 11.3 Å². The molecule has 0 saturated carbocycles. The lowest BCUT2D eigenvalue weighted by Crippen LogP contribution is -2.22. The fourth-order valence-corrected chi connectivity index (χ4v) is 4.07. The number of thiazole rings is 1. The summed E-state index contributed by atoms with van der Waals surface area (Å²) in [5.41, 5.74) is 1.95. The molecule has 0 unspecified atom stereocenters. The van der Waals surface area contributed by atoms with Crippen LogP contribution in [0.3, 0.4) is 0 Å². The van der Waals surface area contributed by atoms with Gasteiger partial charge in [0.1, 0.15) is 16.3 Å². The van der Waals surface area contributed by atoms with Gasteiger partial charge < -0.3 is 9.73 Å². The molecule has 1 N–H and O–H groups in total. The lowest BCUT2D eigenvalue weighted by molar-refractivity contribution is 0.102. The Bertz CT molecular complexity index is 1260. The number of anilines is 1. The van der Waals surface area contributed by atoms with E-state index in [4.69, 9.17) is 4.42 Å². The fourth-order valence-electron chi connectivity index (χ4n) is 3.14. The van der Waals surface area contributed by atoms with Crippen LogP contribution in [0.25, 0.3) is 16.5 Å². The van der Waals surface area contributed by atoms with Crippen molar-refractivity contribution in [2.75, 3.05) is 5.32 Å². The standard InChI is InChI=1S/C21H20N4O3S/c1-12-10-11-16(28-12)20-22-13(2)18(29-20)19(26)23-17-14(3)24(4)25(21(17)27)15-8-6-5-7-9-15/h5-11H,1-4H3,(H,23,26). The van der Waals surface area contributed by atoms with Crippen molar-refractivity contribution in [3.63, 3.8) is 0 Å². The van der Waals surface area contributed by atoms with Gasteiger partial charge in [-0.25, -0.2) is 9.67 Å². The summed E-state index contributed by atoms with van der Waals surface area (Å²) in [7, 11) is 1.79. The Labute approximate surface area is 171 Å². The highest BCUT2D eigenvalue weighted by Gasteiger charge is 2.22. The summed E-state index contributed by atoms with van der Waals surface area (Å²) >= 11 is 1.24. The van der Waals surface area contributed by atoms with Gasteiger partial charge in [0.2, 0.25) is 0 Å². The third-order valence-corrected chi connectivity index (χ3v) is 5.92. The van der Waals surface area contributed by atoms with Crippen LogP contribution in [-0.4, -0.2) is 20.3 Å². The van der Waals surface area contributed by atoms with Gasteiger partial charge in [0.25, 0.3) is 11.5 Å². The number of aryl methyl sites for hydroxylation is 2. The van der Waals surface area contributed by atoms with Crippen molar-refractivity contribution >= 4 is 22.9 Å². The van der Waals surface area contributed by atoms with Crippen molar-refractivity contribution in [3.05, 3.63) is 74.8 Å². The summed E-state index contributed by atoms with van der Waals surface area (Å²) in [5.74, 6) is 1.04. The molecule has 1 aromatic carbocycles. The van der Waals surface area contributed by atoms with Crippen LogP contribution in [0.15, 0.2) is 51.7 Å². The molecule has 148 valence electrons. The third-order valence-electron chi connectivity index (χ3n) is 4.75. The first kappa shape index (κ1) is 18.9. The third kappa shape index (κ3) is 3.31. The minimum atomic E-state index is -0.361. The number of hydrogen-bond donors (Lipinski definition) is 1. The van der Waals surface area contributed by atoms with E-state index in [-0.39, 0.29) is 17.2 Å². The first-order valence-electron chi connectivity index (χ1n) is 9.06. The number of rotatable bonds is 4. The number of carbonyl (C=O) groups excluding carboxylic acids is 1. The monoisotopic (exact) mass is 408 g/mol. The molecule has 8 heteroatoms. The van der Waals surface area contributed by atoms with E-state index in [1.807, 2.05) is 49.4 Å². The predicted molar refractivity (Wildman–Crippen MR) is 113 cm³/mol. The molecule has 0 aliphatic heterocycles. The van der Waals surface area contributed by atoms with Crippen molar-refractivity contribution in [3.8, 4) is 16.5 Å². The van der Waals surface area contributed by atoms with Crippen molar-refractivity contribution in [2.24, 2.45) is 7.05 Å². The average Bonchev–Trinajstić information content (AvgIpc) is 3.36. The number of para-hydroxylation sites is 1. The smallest absolute Gasteiger partial charge is 0.295 e. The highest BCUT2D eigenvalue weighted by atomic mass is 32.1. The van der Waals surface area contributed by atoms with Crippen LogP contribution in [0.5, 0.6) is 0 Å². The summed E-state index contributed by atoms with van der Waals surface area (Å²) in [6.45, 7) is 5.42. The fraction of sp³-hybridized carbons (Fsp3) is 0.190. The number of amides is 1. The average molecular weight is 408 g/mol. The quantitative estimate of drug-likeness (QED) is 0.552. The van der Waals surface area contributed by atoms with Crippen molar-refractivity contribution < 1.29 is 9.21 Å². The van der Waals surface area contributed by atoms with Crippen LogP contribution in [0.4, 0.5) is 5.69 Å². The zero-order valence-corrected chi connectivity index (χ0v) is 17.3. The number of nitrogens with one attached hydrogen (secondary N) is 1. The van der Waals surface area contributed by atoms with Crippen LogP contribution < -0.4 is 10.9 Å². The van der Waals surface area contributed by atoms with Crippen LogP contribution in [0, 0.1) is 20.8 Å². The molecule has 1 amide bonds. The zero-order chi connectivity index (χ0) is 20.7. The highest BCUT2D eigenvalue weighted by Crippen LogP contribution is 2.30. The van der Waals surface area contributed by atoms with Gasteiger partial charge in [-0.3, -0.25) is 14.3 Å². The number of hydrogen-bond acceptors (Lipinski definition) is 5. The molecule has 0 aliphatic carbocycles. The summed E-state index contributed by atoms with van der Waals surface area (Å²) < 4.78 is 8.86. The molecule has 0 radical (unpaired) electrons. The molecule has 3 aromatic heterocycles. The van der Waals surface area contributed by atoms with E-state index in [9.17, 15) is 9.59 Å². The molecule has 0 aliphatic rings. The van der Waals surface area contributed by atoms with Crippen molar-refractivity contribution in [1.82, 2.24) is 14.3 Å². The van der Waals surface area contributed by atoms with E-state index >= 15 is 0 Å². The lowest BCUT2D eigenvalue weighted by Gasteiger charge is -2.07. The van der Waals surface area contributed by atoms with E-state index in [1.54, 1.807) is 25.6 Å². The summed E-state index contributed by atoms with van der Waals surface area (Å²) in [6.07, 6.45) is 0. The SMILES string of the molecule is Cc1ccc(-c2nc(C)c(C(=O)Nc3c(C)n(C)n(-c4ccccc4)c3=O)s2)o1. The lowest BCUT2D eigenvalue weighted by atomic mass is 10.3. The minimum Gasteiger partial charge on any atom is -0.459 e. The number of carbonyl (C=O) groups is 1. The Kier molecular flexibility index (Phi) is 4.71. The second-order valence-electron chi connectivity index (χ2n) is 6.73. The highest BCUT2D eigenvalue weighted by molar-refractivity contribution is 7.17. The normalized spacial score (nSPS) is 11.0. The largest absolute Gasteiger partial charge is 0.459 e. The predicted octanol–water partition coefficient (Wildman–Crippen LogP) is 4.07. The Balaban J connectivity index is 1.68. The van der Waals surface area contributed by atoms with E-state index < -0.39 is 0 Å². The van der Waals surface area contributed by atoms with Crippen molar-refractivity contribution in [1.29, 1.82) is 0 Å². The van der Waals surface area contributed by atoms with Crippen LogP contribution in [-0.2, 0) is 7.05 Å². The zero-order valence-electron chi connectivity index (χ0n) is 16.5. The summed E-state index contributed by atoms with van der Waals surface area (Å²) in [6, 6.07) is 13.0. The number of furan rings is 1. The second kappa shape index (κ2) is 7.21. The Morgan fingerprint density at radius 2 is 1.83 bits per heavy atom. The maximum absolute atomic E-state index is 13.0. The number of benzene rings is 1. The van der Waals surface area contributed by atoms with Gasteiger partial charge in [0, 0.05) is 7.05 Å². The summed E-state index contributed by atoms with van der Waals surface area (Å²) in [5, 5.41) is 3.42. The van der Waals surface area contributed by atoms with Gasteiger partial charge in [-0.1, -0.05) is 18.2 Å². The Morgan fingerprint density at radius 3 is 2.48 bits per heavy atom. The maximum atomic E-state index is 13.0. The maximum Gasteiger partial charge on any atom is 0.295 e. The van der Waals surface area contributed by atoms with Crippen LogP contribution in [0.2, 0.25) is 0 Å². The number of nitrogens with zero attached hydrogens (tertiary/aromatic N) is 3. The summed E-state index contributed by atoms with van der Waals surface area (Å²) in [4.78, 5) is 30.8. The topological polar surface area (TPSA) is 82.1 Å². The van der Waals surface area contributed by atoms with E-state index in [2.05, 4.69) is 10.3 Å². The molecular weight excluding hydrogens is 388 g/mol. The van der Waals surface area contributed by atoms with E-state index in [0.29, 0.717) is 27.0 Å². The minimum absolute atomic E-state index is 0.254. The van der Waals surface area contributed by atoms with E-state index in [1.165, 1.54) is 16.0 Å². The van der Waals surface area contributed by atoms with Gasteiger partial charge >= 0.3 is 0 Å². The molecule has 0 spiro atoms. The first-order valence-corrected chi connectivity index (χ1v) is 9.88. The van der Waals surface area contributed by atoms with Gasteiger partial charge in [-0.15, -0.1) is 11.3 Å². The molecule has 0 fully saturated rings. The van der Waals surface area contributed by atoms with Gasteiger partial charge in [0.05, 0.1) is 17.1 Å². The van der Waals surface area contributed by atoms with Gasteiger partial charge in [-0.2, -0.15) is 0 Å². The Hall–Kier alpha value is -3.39. The molecule has 4 rings (SSSR count). The molecule has 0 bridgehead atoms. The second-order valence-corrected chi connectivity index (χ2v) is 7.73. The molecule has 4 aromatic rings. The number of aromatic nitrogens is 3. The molecule has 0 saturated heterocycles. The Morgan fingerprint density at radius 1 is 1.10 bits per heavy atom. The van der Waals surface area contributed by atoms with Gasteiger partial charge in [-0.05, 0) is 45.0 Å². The molecule has 3 heterocycles. The van der Waals surface area contributed by atoms with E-state index in [0.717, 1.165) is 11.4 Å². The molecule has 7 nitrogen and oxygen atoms in total. The first-order chi connectivity index (χ1) is 13.9. The van der Waals surface area contributed by atoms with Gasteiger partial charge in [0.15, 0.2) is 10.8 Å². The molecule has 29 heavy (non-hydrogen) atoms. The van der Waals surface area contributed by atoms with Crippen molar-refractivity contribution in [2.45, 2.75) is 20.8 Å². The molecular formula is C21H20N4O3S.